The zero-order valence-corrected chi connectivity index (χ0v) is 16.7. The number of aryl methyl sites for hydroxylation is 2. The second-order valence-electron chi connectivity index (χ2n) is 7.27. The molecule has 0 radical (unpaired) electrons. The van der Waals surface area contributed by atoms with E-state index in [-0.39, 0.29) is 5.91 Å². The molecule has 2 aromatic rings. The predicted octanol–water partition coefficient (Wildman–Crippen LogP) is 3.86. The molecule has 2 fully saturated rings. The lowest BCUT2D eigenvalue weighted by atomic mass is 9.78. The number of aromatic nitrogens is 3. The summed E-state index contributed by atoms with van der Waals surface area (Å²) in [5, 5.41) is 11.2. The van der Waals surface area contributed by atoms with Crippen molar-refractivity contribution in [1.82, 2.24) is 19.7 Å². The van der Waals surface area contributed by atoms with Crippen LogP contribution in [0.5, 0.6) is 0 Å². The van der Waals surface area contributed by atoms with E-state index in [0.717, 1.165) is 37.0 Å². The van der Waals surface area contributed by atoms with Crippen molar-refractivity contribution in [3.8, 4) is 0 Å². The average molecular weight is 391 g/mol. The van der Waals surface area contributed by atoms with Gasteiger partial charge in [0.15, 0.2) is 5.16 Å². The van der Waals surface area contributed by atoms with E-state index in [1.54, 1.807) is 17.7 Å². The van der Waals surface area contributed by atoms with Crippen LogP contribution in [0.3, 0.4) is 0 Å². The number of amides is 1. The third-order valence-corrected chi connectivity index (χ3v) is 7.55. The molecule has 0 aromatic carbocycles. The first-order valence-corrected chi connectivity index (χ1v) is 11.5. The van der Waals surface area contributed by atoms with Crippen LogP contribution in [-0.4, -0.2) is 43.9 Å². The first-order chi connectivity index (χ1) is 12.8. The Bertz CT molecular complexity index is 713. The molecule has 5 nitrogen and oxygen atoms in total. The van der Waals surface area contributed by atoms with Gasteiger partial charge in [-0.05, 0) is 49.5 Å². The Morgan fingerprint density at radius 1 is 1.27 bits per heavy atom. The minimum Gasteiger partial charge on any atom is -0.339 e. The molecule has 0 bridgehead atoms. The maximum atomic E-state index is 12.9. The van der Waals surface area contributed by atoms with E-state index < -0.39 is 0 Å². The summed E-state index contributed by atoms with van der Waals surface area (Å²) in [6.07, 6.45) is 10.3. The quantitative estimate of drug-likeness (QED) is 0.703. The topological polar surface area (TPSA) is 51.0 Å². The molecule has 26 heavy (non-hydrogen) atoms. The normalized spacial score (nSPS) is 23.0. The number of piperidine rings is 1. The lowest BCUT2D eigenvalue weighted by Crippen LogP contribution is -2.50. The van der Waals surface area contributed by atoms with Gasteiger partial charge in [-0.3, -0.25) is 4.79 Å². The van der Waals surface area contributed by atoms with E-state index in [1.165, 1.54) is 48.7 Å². The Hall–Kier alpha value is -1.34. The fourth-order valence-corrected chi connectivity index (χ4v) is 5.86. The maximum Gasteiger partial charge on any atom is 0.233 e. The van der Waals surface area contributed by atoms with Crippen LogP contribution in [0.2, 0.25) is 0 Å². The third-order valence-electron chi connectivity index (χ3n) is 5.65. The highest BCUT2D eigenvalue weighted by molar-refractivity contribution is 7.99. The number of carbonyl (C=O) groups excluding carboxylic acids is 1. The van der Waals surface area contributed by atoms with Gasteiger partial charge in [0.25, 0.3) is 0 Å². The molecule has 1 saturated carbocycles. The molecule has 2 aliphatic rings. The van der Waals surface area contributed by atoms with Crippen molar-refractivity contribution in [2.24, 2.45) is 5.92 Å². The van der Waals surface area contributed by atoms with Crippen molar-refractivity contribution >= 4 is 29.0 Å². The molecule has 1 saturated heterocycles. The summed E-state index contributed by atoms with van der Waals surface area (Å²) in [5.41, 5.74) is 0. The fourth-order valence-electron chi connectivity index (χ4n) is 4.34. The molecule has 7 heteroatoms. The van der Waals surface area contributed by atoms with Gasteiger partial charge >= 0.3 is 0 Å². The zero-order valence-electron chi connectivity index (χ0n) is 15.0. The van der Waals surface area contributed by atoms with Crippen molar-refractivity contribution < 1.29 is 4.79 Å². The summed E-state index contributed by atoms with van der Waals surface area (Å²) in [7, 11) is 0. The highest BCUT2D eigenvalue weighted by Crippen LogP contribution is 2.35. The van der Waals surface area contributed by atoms with E-state index in [1.807, 2.05) is 0 Å². The lowest BCUT2D eigenvalue weighted by Gasteiger charge is -2.44. The number of hydrogen-bond donors (Lipinski definition) is 0. The smallest absolute Gasteiger partial charge is 0.233 e. The first-order valence-electron chi connectivity index (χ1n) is 9.64. The number of carbonyl (C=O) groups is 1. The number of hydrogen-bond acceptors (Lipinski definition) is 5. The van der Waals surface area contributed by atoms with Crippen LogP contribution in [0.15, 0.2) is 29.0 Å². The zero-order chi connectivity index (χ0) is 17.8. The largest absolute Gasteiger partial charge is 0.339 e. The fraction of sp³-hybridized carbons (Fsp3) is 0.632. The summed E-state index contributed by atoms with van der Waals surface area (Å²) in [6.45, 7) is 1.80. The predicted molar refractivity (Wildman–Crippen MR) is 105 cm³/mol. The summed E-state index contributed by atoms with van der Waals surface area (Å²) in [4.78, 5) is 16.4. The van der Waals surface area contributed by atoms with Gasteiger partial charge in [0.05, 0.1) is 5.75 Å². The average Bonchev–Trinajstić information content (AvgIpc) is 3.35. The molecule has 0 spiro atoms. The summed E-state index contributed by atoms with van der Waals surface area (Å²) in [6, 6.07) is 4.72. The van der Waals surface area contributed by atoms with Crippen LogP contribution in [0, 0.1) is 5.92 Å². The van der Waals surface area contributed by atoms with Gasteiger partial charge < -0.3 is 9.47 Å². The third kappa shape index (κ3) is 4.14. The maximum absolute atomic E-state index is 12.9. The molecule has 2 atom stereocenters. The minimum absolute atomic E-state index is 0.277. The van der Waals surface area contributed by atoms with Crippen LogP contribution in [-0.2, 0) is 17.8 Å². The Kier molecular flexibility index (Phi) is 5.94. The van der Waals surface area contributed by atoms with Gasteiger partial charge in [0, 0.05) is 24.0 Å². The first kappa shape index (κ1) is 18.0. The van der Waals surface area contributed by atoms with E-state index in [9.17, 15) is 4.79 Å². The monoisotopic (exact) mass is 390 g/mol. The summed E-state index contributed by atoms with van der Waals surface area (Å²) >= 11 is 3.31. The molecule has 1 amide bonds. The molecule has 2 unspecified atom stereocenters. The lowest BCUT2D eigenvalue weighted by molar-refractivity contribution is -0.134. The van der Waals surface area contributed by atoms with Crippen molar-refractivity contribution in [1.29, 1.82) is 0 Å². The molecule has 1 aliphatic heterocycles. The second kappa shape index (κ2) is 8.57. The minimum atomic E-state index is 0.277. The second-order valence-corrected chi connectivity index (χ2v) is 9.24. The van der Waals surface area contributed by atoms with Crippen LogP contribution < -0.4 is 0 Å². The van der Waals surface area contributed by atoms with Crippen molar-refractivity contribution in [2.45, 2.75) is 62.7 Å². The number of likely N-dealkylation sites (tertiary alicyclic amines) is 1. The van der Waals surface area contributed by atoms with Crippen molar-refractivity contribution in [3.05, 3.63) is 28.7 Å². The van der Waals surface area contributed by atoms with Crippen LogP contribution in [0.25, 0.3) is 0 Å². The molecular formula is C19H26N4OS2. The Labute approximate surface area is 163 Å². The van der Waals surface area contributed by atoms with Crippen LogP contribution >= 0.6 is 23.1 Å². The molecule has 2 aromatic heterocycles. The molecule has 1 aliphatic carbocycles. The number of thiophene rings is 1. The molecular weight excluding hydrogens is 364 g/mol. The van der Waals surface area contributed by atoms with E-state index in [4.69, 9.17) is 0 Å². The highest BCUT2D eigenvalue weighted by atomic mass is 32.2. The number of thioether (sulfide) groups is 1. The van der Waals surface area contributed by atoms with Crippen molar-refractivity contribution in [3.63, 3.8) is 0 Å². The molecule has 0 N–H and O–H groups in total. The van der Waals surface area contributed by atoms with Gasteiger partial charge in [-0.25, -0.2) is 0 Å². The Balaban J connectivity index is 1.32. The van der Waals surface area contributed by atoms with Gasteiger partial charge in [0.1, 0.15) is 6.33 Å². The summed E-state index contributed by atoms with van der Waals surface area (Å²) in [5.74, 6) is 1.49. The SMILES string of the molecule is O=C(CSc1nncn1CCc1cccs1)N1CCCC2CCCCC21. The van der Waals surface area contributed by atoms with Crippen LogP contribution in [0.4, 0.5) is 0 Å². The van der Waals surface area contributed by atoms with Crippen LogP contribution in [0.1, 0.15) is 43.4 Å². The van der Waals surface area contributed by atoms with Gasteiger partial charge in [-0.2, -0.15) is 0 Å². The van der Waals surface area contributed by atoms with Gasteiger partial charge in [-0.1, -0.05) is 30.7 Å². The van der Waals surface area contributed by atoms with Gasteiger partial charge in [-0.15, -0.1) is 21.5 Å². The highest BCUT2D eigenvalue weighted by Gasteiger charge is 2.35. The number of rotatable bonds is 6. The Morgan fingerprint density at radius 2 is 2.15 bits per heavy atom. The van der Waals surface area contributed by atoms with Crippen molar-refractivity contribution in [2.75, 3.05) is 12.3 Å². The standard InChI is InChI=1S/C19H26N4OS2/c24-18(23-10-3-6-15-5-1-2-8-17(15)23)13-26-19-21-20-14-22(19)11-9-16-7-4-12-25-16/h4,7,12,14-15,17H,1-3,5-6,8-11,13H2. The molecule has 140 valence electrons. The Morgan fingerprint density at radius 3 is 3.04 bits per heavy atom. The van der Waals surface area contributed by atoms with E-state index in [0.29, 0.717) is 11.8 Å². The van der Waals surface area contributed by atoms with E-state index >= 15 is 0 Å². The molecule has 3 heterocycles. The summed E-state index contributed by atoms with van der Waals surface area (Å²) < 4.78 is 2.07. The van der Waals surface area contributed by atoms with Gasteiger partial charge in [0.2, 0.25) is 5.91 Å². The number of nitrogens with zero attached hydrogens (tertiary/aromatic N) is 4. The van der Waals surface area contributed by atoms with E-state index in [2.05, 4.69) is 37.2 Å². The number of fused-ring (bicyclic) bond motifs is 1. The molecule has 4 rings (SSSR count).